The van der Waals surface area contributed by atoms with E-state index in [9.17, 15) is 35.6 Å². The second-order valence-corrected chi connectivity index (χ2v) is 28.1. The van der Waals surface area contributed by atoms with Crippen LogP contribution in [0.5, 0.6) is 11.5 Å². The topological polar surface area (TPSA) is 35.9 Å². The van der Waals surface area contributed by atoms with Crippen LogP contribution in [0, 0.1) is 6.33 Å². The van der Waals surface area contributed by atoms with Gasteiger partial charge < -0.3 is 4.74 Å². The van der Waals surface area contributed by atoms with Crippen molar-refractivity contribution in [2.45, 2.75) is 128 Å². The monoisotopic (exact) mass is 1250 g/mol. The van der Waals surface area contributed by atoms with Crippen molar-refractivity contribution < 1.29 is 61.4 Å². The lowest BCUT2D eigenvalue weighted by molar-refractivity contribution is -0.571. The fourth-order valence-electron chi connectivity index (χ4n) is 12.9. The second-order valence-electron chi connectivity index (χ2n) is 24.3. The van der Waals surface area contributed by atoms with Gasteiger partial charge in [-0.15, -0.1) is 0 Å². The van der Waals surface area contributed by atoms with Gasteiger partial charge in [-0.2, -0.15) is 0 Å². The number of para-hydroxylation sites is 4. The number of nitrogens with zero attached hydrogens (tertiary/aromatic N) is 4. The van der Waals surface area contributed by atoms with Crippen LogP contribution in [0.1, 0.15) is 181 Å². The lowest BCUT2D eigenvalue weighted by Crippen LogP contribution is -2.74. The highest BCUT2D eigenvalue weighted by Crippen LogP contribution is 2.50. The van der Waals surface area contributed by atoms with Crippen LogP contribution in [0.15, 0.2) is 249 Å². The first-order valence-corrected chi connectivity index (χ1v) is 31.7. The van der Waals surface area contributed by atoms with Gasteiger partial charge in [0.1, 0.15) is 17.3 Å². The molecule has 0 saturated heterocycles. The van der Waals surface area contributed by atoms with E-state index in [2.05, 4.69) is 27.1 Å². The fraction of sp³-hybridized carbons (Fsp3) is 0.233. The Morgan fingerprint density at radius 3 is 1.59 bits per heavy atom. The summed E-state index contributed by atoms with van der Waals surface area (Å²) in [5.41, 5.74) is -29.8. The van der Waals surface area contributed by atoms with Gasteiger partial charge in [-0.25, -0.2) is 4.98 Å². The van der Waals surface area contributed by atoms with E-state index in [0.29, 0.717) is 16.5 Å². The minimum absolute atomic E-state index is 0.0279. The van der Waals surface area contributed by atoms with Crippen LogP contribution in [-0.4, -0.2) is 22.2 Å². The average molecular weight is 1250 g/mol. The number of hydrogen-bond donors (Lipinski definition) is 0. The number of fused-ring (bicyclic) bond motifs is 6. The van der Waals surface area contributed by atoms with Crippen LogP contribution >= 0.6 is 0 Å². The number of imidazole rings is 1. The number of rotatable bonds is 11. The summed E-state index contributed by atoms with van der Waals surface area (Å²) in [5.74, 6) is 0.965. The van der Waals surface area contributed by atoms with Gasteiger partial charge in [-0.3, -0.25) is 13.7 Å². The summed E-state index contributed by atoms with van der Waals surface area (Å²) >= 11 is 0. The molecular weight excluding hydrogens is 1130 g/mol. The van der Waals surface area contributed by atoms with Crippen LogP contribution in [0.2, 0.25) is 0 Å². The van der Waals surface area contributed by atoms with Crippen LogP contribution in [0.4, 0.5) is 0 Å². The smallest absolute Gasteiger partial charge is 0.269 e. The van der Waals surface area contributed by atoms with Crippen LogP contribution in [0.3, 0.4) is 0 Å². The molecule has 0 bridgehead atoms. The van der Waals surface area contributed by atoms with E-state index in [1.165, 1.54) is 28.8 Å². The highest BCUT2D eigenvalue weighted by atomic mass is 28.3. The summed E-state index contributed by atoms with van der Waals surface area (Å²) in [6.07, 6.45) is -14.4. The molecule has 0 unspecified atom stereocenters. The molecule has 5 nitrogen and oxygen atoms in total. The molecule has 0 fully saturated rings. The Morgan fingerprint density at radius 2 is 1.02 bits per heavy atom. The van der Waals surface area contributed by atoms with Crippen molar-refractivity contribution in [1.29, 1.82) is 0 Å². The van der Waals surface area contributed by atoms with Gasteiger partial charge in [0, 0.05) is 66.9 Å². The van der Waals surface area contributed by atoms with Gasteiger partial charge in [-0.1, -0.05) is 264 Å². The zero-order valence-corrected chi connectivity index (χ0v) is 50.9. The van der Waals surface area contributed by atoms with Crippen LogP contribution in [0.25, 0.3) is 72.3 Å². The molecule has 456 valence electrons. The van der Waals surface area contributed by atoms with Crippen LogP contribution < -0.4 is 30.1 Å². The van der Waals surface area contributed by atoms with Crippen molar-refractivity contribution in [3.8, 4) is 50.9 Å². The summed E-state index contributed by atoms with van der Waals surface area (Å²) < 4.78 is 372. The van der Waals surface area contributed by atoms with E-state index in [4.69, 9.17) is 26.2 Å². The van der Waals surface area contributed by atoms with Gasteiger partial charge in [0.2, 0.25) is 0 Å². The molecule has 2 aliphatic carbocycles. The van der Waals surface area contributed by atoms with Crippen molar-refractivity contribution in [3.63, 3.8) is 0 Å². The lowest BCUT2D eigenvalue weighted by atomic mass is 9.62. The van der Waals surface area contributed by atoms with E-state index < -0.39 is 196 Å². The molecule has 0 aliphatic heterocycles. The zero-order chi connectivity index (χ0) is 95.9. The minimum Gasteiger partial charge on any atom is -0.458 e. The van der Waals surface area contributed by atoms with Gasteiger partial charge >= 0.3 is 0 Å². The largest absolute Gasteiger partial charge is 0.458 e. The van der Waals surface area contributed by atoms with Crippen LogP contribution in [-0.2, 0) is 27.1 Å². The molecule has 10 aromatic carbocycles. The molecule has 3 heterocycles. The Labute approximate surface area is 598 Å². The third-order valence-electron chi connectivity index (χ3n) is 17.3. The standard InChI is InChI=1S/C86H82N4OSi/c1-82(2,3)60-44-49-87-80(52-60)90-76-35-22-21-32-70(76)71-41-40-62(56-79(71)90)91-63-53-61(54-67(55-63)92(64-26-15-12-16-27-64,65-28-17-13-18-29-65)66-30-19-14-20-31-66)88-57-89(78-37-24-23-36-77(78)88)81-68(58-38-42-72-74(50-58)85(8,9)47-45-83(72,4)5)33-25-34-69(81)59-39-43-73-75(51-59)86(10,11)48-46-84(73,6)7/h12-44,49-56H,45-48H2,1-11H3/i4D3,5D3,6D3,7D3,8D3,9D3,10D3,11D3,38D,39D,42D,43D,45D2,46D2,47D2,48D2,50D,51D. The number of pyridine rings is 1. The summed E-state index contributed by atoms with van der Waals surface area (Å²) in [4.78, 5) is 4.90. The highest BCUT2D eigenvalue weighted by Gasteiger charge is 2.43. The number of aromatic nitrogens is 4. The highest BCUT2D eigenvalue weighted by molar-refractivity contribution is 7.20. The number of benzene rings is 10. The quantitative estimate of drug-likeness (QED) is 0.0560. The molecule has 0 spiro atoms. The number of hydrogen-bond acceptors (Lipinski definition) is 2. The Balaban J connectivity index is 1.15. The van der Waals surface area contributed by atoms with Crippen molar-refractivity contribution in [1.82, 2.24) is 14.1 Å². The van der Waals surface area contributed by atoms with Gasteiger partial charge in [0.25, 0.3) is 6.33 Å². The van der Waals surface area contributed by atoms with E-state index in [1.54, 1.807) is 18.3 Å². The van der Waals surface area contributed by atoms with Crippen molar-refractivity contribution in [2.24, 2.45) is 0 Å². The molecule has 92 heavy (non-hydrogen) atoms. The SMILES string of the molecule is [2H]c1c([2H])c2c(c([2H])c1-c1cccc(-c3c([2H])c([2H])c4c(c3[2H])C(C([2H])([2H])[2H])(C([2H])([2H])[2H])C([2H])([2H])C([2H])([2H])C4(C([2H])([2H])[2H])C([2H])([2H])[2H])c1-[n+]1[c-]n(-c3cc(Oc4ccc5c6ccccc6n(-c6cc(C(C)(C)C)ccn6)c5c4)cc([Si](c4ccccc4)(c4ccccc4)c4ccccc4)c3)c3ccccc31)C(C([2H])([2H])[2H])(C([2H])([2H])[2H])C([2H])([2H])C([2H])([2H])C2(C([2H])([2H])[2H])C([2H])([2H])[2H]. The third-order valence-corrected chi connectivity index (χ3v) is 22.0. The normalized spacial score (nSPS) is 25.1. The number of ether oxygens (including phenoxy) is 1. The van der Waals surface area contributed by atoms with Crippen molar-refractivity contribution in [2.75, 3.05) is 0 Å². The maximum absolute atomic E-state index is 10.7. The van der Waals surface area contributed by atoms with E-state index in [1.807, 2.05) is 156 Å². The molecule has 6 heteroatoms. The predicted octanol–water partition coefficient (Wildman–Crippen LogP) is 18.7. The van der Waals surface area contributed by atoms with E-state index >= 15 is 0 Å². The first-order valence-electron chi connectivity index (χ1n) is 48.7. The average Bonchev–Trinajstić information content (AvgIpc) is 0.684. The molecule has 15 rings (SSSR count). The lowest BCUT2D eigenvalue weighted by Gasteiger charge is -2.42. The minimum atomic E-state index is -4.89. The van der Waals surface area contributed by atoms with Gasteiger partial charge in [-0.05, 0) is 172 Å². The van der Waals surface area contributed by atoms with E-state index in [0.717, 1.165) is 60.2 Å². The molecule has 0 N–H and O–H groups in total. The molecule has 0 saturated carbocycles. The maximum Gasteiger partial charge on any atom is 0.269 e. The first kappa shape index (κ1) is 30.4. The molecule has 13 aromatic rings. The van der Waals surface area contributed by atoms with Crippen molar-refractivity contribution >= 4 is 61.7 Å². The maximum atomic E-state index is 10.7. The summed E-state index contributed by atoms with van der Waals surface area (Å²) in [6.45, 7) is -30.4. The second kappa shape index (κ2) is 21.9. The molecule has 3 aromatic heterocycles. The Bertz CT molecular complexity index is 6390. The summed E-state index contributed by atoms with van der Waals surface area (Å²) in [5, 5.41) is 4.70. The molecule has 0 amide bonds. The predicted molar refractivity (Wildman–Crippen MR) is 386 cm³/mol. The van der Waals surface area contributed by atoms with Gasteiger partial charge in [0.15, 0.2) is 8.07 Å². The molecule has 0 atom stereocenters. The molecule has 0 radical (unpaired) electrons. The molecule has 2 aliphatic rings. The fourth-order valence-corrected chi connectivity index (χ4v) is 17.7. The Hall–Kier alpha value is -9.36. The van der Waals surface area contributed by atoms with Crippen molar-refractivity contribution in [3.05, 3.63) is 283 Å². The van der Waals surface area contributed by atoms with E-state index in [-0.39, 0.29) is 33.6 Å². The Morgan fingerprint density at radius 1 is 0.500 bits per heavy atom. The van der Waals surface area contributed by atoms with Gasteiger partial charge in [0.05, 0.1) is 41.7 Å². The third kappa shape index (κ3) is 9.87. The molecular formula is C86H82N4OSi. The Kier molecular flexibility index (Phi) is 7.24. The summed E-state index contributed by atoms with van der Waals surface area (Å²) in [7, 11) is -3.88. The zero-order valence-electron chi connectivity index (χ0n) is 87.9. The first-order chi connectivity index (χ1) is 59.8. The summed E-state index contributed by atoms with van der Waals surface area (Å²) in [6, 6.07) is 49.3.